The number of nitrogens with one attached hydrogen (secondary N) is 1. The lowest BCUT2D eigenvalue weighted by atomic mass is 10.1. The Morgan fingerprint density at radius 3 is 2.36 bits per heavy atom. The van der Waals surface area contributed by atoms with E-state index in [1.165, 1.54) is 12.5 Å². The van der Waals surface area contributed by atoms with Crippen LogP contribution in [0, 0.1) is 6.92 Å². The number of carbonyl (C=O) groups is 2. The van der Waals surface area contributed by atoms with Crippen LogP contribution < -0.4 is 9.88 Å². The number of anilines is 1. The summed E-state index contributed by atoms with van der Waals surface area (Å²) < 4.78 is 1.94. The van der Waals surface area contributed by atoms with Crippen molar-refractivity contribution in [3.05, 3.63) is 59.4 Å². The Kier molecular flexibility index (Phi) is 5.04. The van der Waals surface area contributed by atoms with Crippen LogP contribution in [0.5, 0.6) is 0 Å². The number of benzene rings is 1. The molecular weight excluding hydrogens is 276 g/mol. The van der Waals surface area contributed by atoms with Crippen LogP contribution in [0.25, 0.3) is 0 Å². The summed E-state index contributed by atoms with van der Waals surface area (Å²) in [5, 5.41) is 2.85. The van der Waals surface area contributed by atoms with E-state index in [-0.39, 0.29) is 18.2 Å². The van der Waals surface area contributed by atoms with Gasteiger partial charge in [0.25, 0.3) is 5.91 Å². The minimum absolute atomic E-state index is 0.0143. The predicted octanol–water partition coefficient (Wildman–Crippen LogP) is 2.69. The van der Waals surface area contributed by atoms with E-state index in [1.54, 1.807) is 24.3 Å². The Balaban J connectivity index is 2.05. The smallest absolute Gasteiger partial charge is 0.290 e. The summed E-state index contributed by atoms with van der Waals surface area (Å²) in [5.74, 6) is -0.0719. The van der Waals surface area contributed by atoms with Crippen LogP contribution in [0.2, 0.25) is 0 Å². The molecule has 1 heterocycles. The SMILES string of the molecule is CCc1ccc(C)[n+](CC(=O)Nc2ccc(C(C)=O)cc2)c1. The van der Waals surface area contributed by atoms with E-state index >= 15 is 0 Å². The van der Waals surface area contributed by atoms with E-state index in [0.29, 0.717) is 11.3 Å². The summed E-state index contributed by atoms with van der Waals surface area (Å²) >= 11 is 0. The number of rotatable bonds is 5. The van der Waals surface area contributed by atoms with Crippen LogP contribution in [-0.4, -0.2) is 11.7 Å². The third-order valence-corrected chi connectivity index (χ3v) is 3.61. The molecule has 0 bridgehead atoms. The van der Waals surface area contributed by atoms with Crippen molar-refractivity contribution in [2.75, 3.05) is 5.32 Å². The van der Waals surface area contributed by atoms with Gasteiger partial charge in [-0.15, -0.1) is 0 Å². The Morgan fingerprint density at radius 2 is 1.77 bits per heavy atom. The first-order valence-electron chi connectivity index (χ1n) is 7.39. The predicted molar refractivity (Wildman–Crippen MR) is 85.8 cm³/mol. The third kappa shape index (κ3) is 4.01. The highest BCUT2D eigenvalue weighted by Crippen LogP contribution is 2.10. The summed E-state index contributed by atoms with van der Waals surface area (Å²) in [7, 11) is 0. The lowest BCUT2D eigenvalue weighted by Crippen LogP contribution is -2.43. The summed E-state index contributed by atoms with van der Waals surface area (Å²) in [6.07, 6.45) is 2.95. The standard InChI is InChI=1S/C18H20N2O2/c1-4-15-6-5-13(2)20(11-15)12-18(22)19-17-9-7-16(8-10-17)14(3)21/h5-11H,4,12H2,1-3H3/p+1. The molecule has 0 spiro atoms. The maximum Gasteiger partial charge on any atom is 0.290 e. The molecule has 22 heavy (non-hydrogen) atoms. The summed E-state index contributed by atoms with van der Waals surface area (Å²) in [5.41, 5.74) is 3.57. The van der Waals surface area contributed by atoms with Gasteiger partial charge in [0, 0.05) is 29.8 Å². The molecule has 2 rings (SSSR count). The zero-order valence-electron chi connectivity index (χ0n) is 13.2. The maximum absolute atomic E-state index is 12.2. The Bertz CT molecular complexity index is 691. The van der Waals surface area contributed by atoms with Gasteiger partial charge in [-0.05, 0) is 43.7 Å². The number of carbonyl (C=O) groups excluding carboxylic acids is 2. The zero-order chi connectivity index (χ0) is 16.1. The molecule has 0 aliphatic carbocycles. The molecule has 0 radical (unpaired) electrons. The van der Waals surface area contributed by atoms with Gasteiger partial charge in [0.2, 0.25) is 6.54 Å². The molecule has 0 saturated carbocycles. The van der Waals surface area contributed by atoms with Gasteiger partial charge in [-0.3, -0.25) is 9.59 Å². The van der Waals surface area contributed by atoms with E-state index in [2.05, 4.69) is 18.3 Å². The van der Waals surface area contributed by atoms with Gasteiger partial charge >= 0.3 is 0 Å². The molecule has 4 heteroatoms. The van der Waals surface area contributed by atoms with Gasteiger partial charge in [0.1, 0.15) is 0 Å². The van der Waals surface area contributed by atoms with Crippen LogP contribution in [0.1, 0.15) is 35.5 Å². The second kappa shape index (κ2) is 6.98. The Hall–Kier alpha value is -2.49. The average Bonchev–Trinajstić information content (AvgIpc) is 2.50. The minimum atomic E-state index is -0.0862. The van der Waals surface area contributed by atoms with E-state index in [9.17, 15) is 9.59 Å². The van der Waals surface area contributed by atoms with Gasteiger partial charge in [-0.1, -0.05) is 6.92 Å². The second-order valence-electron chi connectivity index (χ2n) is 5.34. The van der Waals surface area contributed by atoms with Crippen LogP contribution in [0.15, 0.2) is 42.6 Å². The number of aryl methyl sites for hydroxylation is 2. The molecule has 1 amide bonds. The van der Waals surface area contributed by atoms with Gasteiger partial charge in [0.05, 0.1) is 0 Å². The molecule has 1 aromatic carbocycles. The highest BCUT2D eigenvalue weighted by Gasteiger charge is 2.13. The lowest BCUT2D eigenvalue weighted by molar-refractivity contribution is -0.690. The molecule has 1 N–H and O–H groups in total. The first kappa shape index (κ1) is 15.9. The topological polar surface area (TPSA) is 50.0 Å². The number of aromatic nitrogens is 1. The van der Waals surface area contributed by atoms with Crippen LogP contribution in [-0.2, 0) is 17.8 Å². The maximum atomic E-state index is 12.2. The summed E-state index contributed by atoms with van der Waals surface area (Å²) in [6.45, 7) is 5.86. The van der Waals surface area contributed by atoms with E-state index in [0.717, 1.165) is 12.1 Å². The molecule has 1 aromatic heterocycles. The molecule has 0 aliphatic rings. The third-order valence-electron chi connectivity index (χ3n) is 3.61. The summed E-state index contributed by atoms with van der Waals surface area (Å²) in [4.78, 5) is 23.4. The molecule has 0 saturated heterocycles. The van der Waals surface area contributed by atoms with Crippen LogP contribution in [0.4, 0.5) is 5.69 Å². The Labute approximate surface area is 130 Å². The van der Waals surface area contributed by atoms with E-state index in [1.807, 2.05) is 23.8 Å². The number of ketones is 1. The molecule has 0 unspecified atom stereocenters. The van der Waals surface area contributed by atoms with Crippen molar-refractivity contribution in [2.24, 2.45) is 0 Å². The fourth-order valence-corrected chi connectivity index (χ4v) is 2.19. The normalized spacial score (nSPS) is 10.3. The van der Waals surface area contributed by atoms with Crippen molar-refractivity contribution in [2.45, 2.75) is 33.7 Å². The number of Topliss-reactive ketones (excluding diaryl/α,β-unsaturated/α-hetero) is 1. The van der Waals surface area contributed by atoms with E-state index in [4.69, 9.17) is 0 Å². The molecule has 0 aliphatic heterocycles. The van der Waals surface area contributed by atoms with Crippen LogP contribution in [0.3, 0.4) is 0 Å². The lowest BCUT2D eigenvalue weighted by Gasteiger charge is -2.06. The molecule has 0 atom stereocenters. The molecule has 4 nitrogen and oxygen atoms in total. The number of hydrogen-bond donors (Lipinski definition) is 1. The van der Waals surface area contributed by atoms with Gasteiger partial charge in [-0.25, -0.2) is 0 Å². The van der Waals surface area contributed by atoms with Gasteiger partial charge < -0.3 is 5.32 Å². The molecule has 2 aromatic rings. The highest BCUT2D eigenvalue weighted by atomic mass is 16.2. The molecule has 114 valence electrons. The first-order chi connectivity index (χ1) is 10.5. The monoisotopic (exact) mass is 297 g/mol. The number of amides is 1. The zero-order valence-corrected chi connectivity index (χ0v) is 13.2. The highest BCUT2D eigenvalue weighted by molar-refractivity contribution is 5.95. The van der Waals surface area contributed by atoms with Crippen molar-refractivity contribution >= 4 is 17.4 Å². The minimum Gasteiger partial charge on any atom is -0.321 e. The van der Waals surface area contributed by atoms with Crippen molar-refractivity contribution in [3.63, 3.8) is 0 Å². The van der Waals surface area contributed by atoms with Crippen LogP contribution >= 0.6 is 0 Å². The van der Waals surface area contributed by atoms with Gasteiger partial charge in [0.15, 0.2) is 17.7 Å². The largest absolute Gasteiger partial charge is 0.321 e. The number of nitrogens with zero attached hydrogens (tertiary/aromatic N) is 1. The number of hydrogen-bond acceptors (Lipinski definition) is 2. The fourth-order valence-electron chi connectivity index (χ4n) is 2.19. The average molecular weight is 297 g/mol. The second-order valence-corrected chi connectivity index (χ2v) is 5.34. The van der Waals surface area contributed by atoms with Crippen molar-refractivity contribution in [1.29, 1.82) is 0 Å². The van der Waals surface area contributed by atoms with Crippen molar-refractivity contribution in [1.82, 2.24) is 0 Å². The quantitative estimate of drug-likeness (QED) is 0.681. The fraction of sp³-hybridized carbons (Fsp3) is 0.278. The van der Waals surface area contributed by atoms with E-state index < -0.39 is 0 Å². The number of pyridine rings is 1. The molecular formula is C18H21N2O2+. The van der Waals surface area contributed by atoms with Crippen molar-refractivity contribution in [3.8, 4) is 0 Å². The van der Waals surface area contributed by atoms with Gasteiger partial charge in [-0.2, -0.15) is 4.57 Å². The van der Waals surface area contributed by atoms with Crippen molar-refractivity contribution < 1.29 is 14.2 Å². The molecule has 0 fully saturated rings. The first-order valence-corrected chi connectivity index (χ1v) is 7.39. The summed E-state index contributed by atoms with van der Waals surface area (Å²) in [6, 6.07) is 11.0. The Morgan fingerprint density at radius 1 is 1.09 bits per heavy atom.